The van der Waals surface area contributed by atoms with Crippen LogP contribution in [0.25, 0.3) is 10.8 Å². The quantitative estimate of drug-likeness (QED) is 0.632. The molecule has 1 N–H and O–H groups in total. The van der Waals surface area contributed by atoms with Gasteiger partial charge in [0.1, 0.15) is 0 Å². The van der Waals surface area contributed by atoms with Crippen LogP contribution in [0.2, 0.25) is 0 Å². The predicted molar refractivity (Wildman–Crippen MR) is 128 cm³/mol. The summed E-state index contributed by atoms with van der Waals surface area (Å²) in [7, 11) is 0. The van der Waals surface area contributed by atoms with Crippen LogP contribution in [0.5, 0.6) is 0 Å². The maximum atomic E-state index is 13.3. The summed E-state index contributed by atoms with van der Waals surface area (Å²) in [5.74, 6) is 2.17. The Morgan fingerprint density at radius 2 is 1.84 bits per heavy atom. The van der Waals surface area contributed by atoms with E-state index in [4.69, 9.17) is 0 Å². The molecule has 1 amide bonds. The van der Waals surface area contributed by atoms with Crippen molar-refractivity contribution >= 4 is 28.4 Å². The second-order valence-electron chi connectivity index (χ2n) is 8.84. The molecule has 31 heavy (non-hydrogen) atoms. The summed E-state index contributed by atoms with van der Waals surface area (Å²) in [5, 5.41) is 8.96. The minimum absolute atomic E-state index is 0.0714. The fourth-order valence-corrected chi connectivity index (χ4v) is 5.97. The van der Waals surface area contributed by atoms with Crippen LogP contribution < -0.4 is 10.9 Å². The molecule has 2 fully saturated rings. The van der Waals surface area contributed by atoms with Gasteiger partial charge < -0.3 is 5.32 Å². The summed E-state index contributed by atoms with van der Waals surface area (Å²) in [6.45, 7) is 5.54. The van der Waals surface area contributed by atoms with Gasteiger partial charge in [0.25, 0.3) is 11.5 Å². The van der Waals surface area contributed by atoms with Crippen LogP contribution in [0.3, 0.4) is 0 Å². The number of carbonyl (C=O) groups excluding carboxylic acids is 1. The first-order valence-electron chi connectivity index (χ1n) is 11.8. The van der Waals surface area contributed by atoms with Gasteiger partial charge in [-0.1, -0.05) is 50.8 Å². The van der Waals surface area contributed by atoms with E-state index in [1.165, 1.54) is 29.0 Å². The van der Waals surface area contributed by atoms with Crippen molar-refractivity contribution in [2.75, 3.05) is 31.1 Å². The van der Waals surface area contributed by atoms with Crippen LogP contribution in [-0.2, 0) is 6.54 Å². The van der Waals surface area contributed by atoms with E-state index in [0.29, 0.717) is 29.6 Å². The summed E-state index contributed by atoms with van der Waals surface area (Å²) in [4.78, 5) is 28.8. The fourth-order valence-electron chi connectivity index (χ4n) is 5.07. The highest BCUT2D eigenvalue weighted by Gasteiger charge is 2.40. The van der Waals surface area contributed by atoms with Crippen LogP contribution in [-0.4, -0.2) is 57.3 Å². The predicted octanol–water partition coefficient (Wildman–Crippen LogP) is 3.68. The van der Waals surface area contributed by atoms with Crippen LogP contribution in [0, 0.1) is 0 Å². The molecule has 1 saturated carbocycles. The molecule has 2 aromatic rings. The lowest BCUT2D eigenvalue weighted by molar-refractivity contribution is 0.0813. The van der Waals surface area contributed by atoms with Gasteiger partial charge in [-0.15, -0.1) is 0 Å². The van der Waals surface area contributed by atoms with Gasteiger partial charge in [0.15, 0.2) is 5.69 Å². The van der Waals surface area contributed by atoms with E-state index in [1.54, 1.807) is 6.07 Å². The van der Waals surface area contributed by atoms with Crippen molar-refractivity contribution in [2.24, 2.45) is 0 Å². The van der Waals surface area contributed by atoms with Gasteiger partial charge in [0.05, 0.1) is 5.39 Å². The zero-order chi connectivity index (χ0) is 21.7. The zero-order valence-corrected chi connectivity index (χ0v) is 19.4. The van der Waals surface area contributed by atoms with E-state index < -0.39 is 0 Å². The van der Waals surface area contributed by atoms with Crippen molar-refractivity contribution < 1.29 is 4.79 Å². The standard InChI is InChI=1S/C24H34N4O2S/c1-2-3-8-13-28-23(30)20-10-5-4-9-19(20)21(26-28)22(29)25-18-24(11-6-7-12-24)27-14-16-31-17-15-27/h4-5,9-10H,2-3,6-8,11-18H2,1H3,(H,25,29). The molecule has 1 aliphatic heterocycles. The molecule has 6 nitrogen and oxygen atoms in total. The first kappa shape index (κ1) is 22.3. The minimum atomic E-state index is -0.168. The molecule has 0 atom stereocenters. The average molecular weight is 443 g/mol. The number of benzene rings is 1. The Hall–Kier alpha value is -1.86. The molecule has 4 rings (SSSR count). The number of amides is 1. The SMILES string of the molecule is CCCCCn1nc(C(=O)NCC2(N3CCSCC3)CCCC2)c2ccccc2c1=O. The van der Waals surface area contributed by atoms with Gasteiger partial charge in [-0.05, 0) is 25.3 Å². The Balaban J connectivity index is 1.58. The number of rotatable bonds is 8. The highest BCUT2D eigenvalue weighted by atomic mass is 32.2. The van der Waals surface area contributed by atoms with E-state index >= 15 is 0 Å². The van der Waals surface area contributed by atoms with Gasteiger partial charge >= 0.3 is 0 Å². The first-order valence-corrected chi connectivity index (χ1v) is 12.9. The van der Waals surface area contributed by atoms with Crippen LogP contribution in [0.15, 0.2) is 29.1 Å². The molecule has 0 bridgehead atoms. The number of nitrogens with one attached hydrogen (secondary N) is 1. The van der Waals surface area contributed by atoms with Crippen molar-refractivity contribution in [3.05, 3.63) is 40.3 Å². The summed E-state index contributed by atoms with van der Waals surface area (Å²) in [6.07, 6.45) is 7.74. The summed E-state index contributed by atoms with van der Waals surface area (Å²) >= 11 is 2.02. The Morgan fingerprint density at radius 3 is 2.55 bits per heavy atom. The monoisotopic (exact) mass is 442 g/mol. The average Bonchev–Trinajstić information content (AvgIpc) is 3.30. The largest absolute Gasteiger partial charge is 0.349 e. The lowest BCUT2D eigenvalue weighted by atomic mass is 9.94. The third kappa shape index (κ3) is 4.82. The van der Waals surface area contributed by atoms with Crippen molar-refractivity contribution in [3.8, 4) is 0 Å². The van der Waals surface area contributed by atoms with E-state index in [-0.39, 0.29) is 17.0 Å². The second-order valence-corrected chi connectivity index (χ2v) is 10.1. The fraction of sp³-hybridized carbons (Fsp3) is 0.625. The van der Waals surface area contributed by atoms with E-state index in [1.807, 2.05) is 30.0 Å². The van der Waals surface area contributed by atoms with E-state index in [0.717, 1.165) is 45.2 Å². The molecule has 2 aliphatic rings. The number of hydrogen-bond donors (Lipinski definition) is 1. The van der Waals surface area contributed by atoms with Gasteiger partial charge in [-0.25, -0.2) is 4.68 Å². The smallest absolute Gasteiger partial charge is 0.274 e. The summed E-state index contributed by atoms with van der Waals surface area (Å²) < 4.78 is 1.49. The van der Waals surface area contributed by atoms with Crippen molar-refractivity contribution in [1.82, 2.24) is 20.0 Å². The maximum Gasteiger partial charge on any atom is 0.274 e. The number of nitrogens with zero attached hydrogens (tertiary/aromatic N) is 3. The molecule has 0 unspecified atom stereocenters. The third-order valence-corrected chi connectivity index (χ3v) is 7.79. The number of aryl methyl sites for hydroxylation is 1. The topological polar surface area (TPSA) is 67.2 Å². The van der Waals surface area contributed by atoms with Gasteiger partial charge in [0.2, 0.25) is 0 Å². The molecular formula is C24H34N4O2S. The Kier molecular flexibility index (Phi) is 7.33. The number of carbonyl (C=O) groups is 1. The van der Waals surface area contributed by atoms with Crippen LogP contribution in [0.1, 0.15) is 62.4 Å². The van der Waals surface area contributed by atoms with Crippen molar-refractivity contribution in [1.29, 1.82) is 0 Å². The lowest BCUT2D eigenvalue weighted by Gasteiger charge is -2.43. The molecule has 1 aliphatic carbocycles. The number of fused-ring (bicyclic) bond motifs is 1. The molecule has 1 saturated heterocycles. The zero-order valence-electron chi connectivity index (χ0n) is 18.6. The molecule has 0 spiro atoms. The molecule has 1 aromatic heterocycles. The normalized spacial score (nSPS) is 19.0. The number of thioether (sulfide) groups is 1. The number of hydrogen-bond acceptors (Lipinski definition) is 5. The summed E-state index contributed by atoms with van der Waals surface area (Å²) in [5.41, 5.74) is 0.331. The summed E-state index contributed by atoms with van der Waals surface area (Å²) in [6, 6.07) is 7.35. The third-order valence-electron chi connectivity index (χ3n) is 6.85. The molecule has 7 heteroatoms. The van der Waals surface area contributed by atoms with Gasteiger partial charge in [-0.2, -0.15) is 16.9 Å². The lowest BCUT2D eigenvalue weighted by Crippen LogP contribution is -2.56. The van der Waals surface area contributed by atoms with Crippen LogP contribution >= 0.6 is 11.8 Å². The second kappa shape index (κ2) is 10.2. The Morgan fingerprint density at radius 1 is 1.13 bits per heavy atom. The van der Waals surface area contributed by atoms with Gasteiger partial charge in [0, 0.05) is 48.6 Å². The maximum absolute atomic E-state index is 13.3. The Bertz CT molecular complexity index is 962. The van der Waals surface area contributed by atoms with E-state index in [9.17, 15) is 9.59 Å². The molecule has 1 aromatic carbocycles. The highest BCUT2D eigenvalue weighted by molar-refractivity contribution is 7.99. The molecule has 168 valence electrons. The van der Waals surface area contributed by atoms with Crippen molar-refractivity contribution in [2.45, 2.75) is 64.0 Å². The van der Waals surface area contributed by atoms with Gasteiger partial charge in [-0.3, -0.25) is 14.5 Å². The van der Waals surface area contributed by atoms with Crippen LogP contribution in [0.4, 0.5) is 0 Å². The van der Waals surface area contributed by atoms with Crippen molar-refractivity contribution in [3.63, 3.8) is 0 Å². The Labute approximate surface area is 188 Å². The molecule has 0 radical (unpaired) electrons. The molecular weight excluding hydrogens is 408 g/mol. The highest BCUT2D eigenvalue weighted by Crippen LogP contribution is 2.36. The number of unbranched alkanes of at least 4 members (excludes halogenated alkanes) is 2. The minimum Gasteiger partial charge on any atom is -0.349 e. The molecule has 2 heterocycles. The number of aromatic nitrogens is 2. The first-order chi connectivity index (χ1) is 15.1. The van der Waals surface area contributed by atoms with E-state index in [2.05, 4.69) is 22.2 Å².